The molecule has 3 nitrogen and oxygen atoms in total. The number of carbonyl (C=O) groups is 1. The summed E-state index contributed by atoms with van der Waals surface area (Å²) in [5, 5.41) is 3.07. The lowest BCUT2D eigenvalue weighted by Crippen LogP contribution is -2.23. The second kappa shape index (κ2) is 6.89. The first-order valence-electron chi connectivity index (χ1n) is 7.46. The van der Waals surface area contributed by atoms with E-state index in [0.717, 1.165) is 18.1 Å². The maximum Gasteiger partial charge on any atom is 0.416 e. The van der Waals surface area contributed by atoms with Gasteiger partial charge in [-0.3, -0.25) is 4.79 Å². The molecule has 0 saturated heterocycles. The molecule has 0 spiro atoms. The second-order valence-electron chi connectivity index (χ2n) is 5.49. The Bertz CT molecular complexity index is 648. The van der Waals surface area contributed by atoms with Gasteiger partial charge in [-0.2, -0.15) is 13.2 Å². The van der Waals surface area contributed by atoms with Crippen molar-refractivity contribution in [1.29, 1.82) is 0 Å². The first-order chi connectivity index (χ1) is 10.8. The third-order valence-electron chi connectivity index (χ3n) is 3.64. The third kappa shape index (κ3) is 4.37. The maximum atomic E-state index is 12.8. The Labute approximate surface area is 133 Å². The van der Waals surface area contributed by atoms with Gasteiger partial charge in [-0.15, -0.1) is 0 Å². The molecule has 6 heteroatoms. The second-order valence-corrected chi connectivity index (χ2v) is 5.49. The number of allylic oxidation sites excluding steroid dienone is 2. The molecule has 3 N–H and O–H groups in total. The largest absolute Gasteiger partial charge is 0.416 e. The highest BCUT2D eigenvalue weighted by molar-refractivity contribution is 5.94. The average Bonchev–Trinajstić information content (AvgIpc) is 2.47. The van der Waals surface area contributed by atoms with Crippen molar-refractivity contribution in [3.05, 3.63) is 53.1 Å². The predicted octanol–water partition coefficient (Wildman–Crippen LogP) is 3.97. The Balaban J connectivity index is 2.20. The molecule has 23 heavy (non-hydrogen) atoms. The van der Waals surface area contributed by atoms with Gasteiger partial charge in [0.25, 0.3) is 0 Å². The van der Waals surface area contributed by atoms with Crippen LogP contribution in [0.4, 0.5) is 18.9 Å². The molecule has 0 radical (unpaired) electrons. The number of anilines is 1. The molecule has 1 amide bonds. The summed E-state index contributed by atoms with van der Waals surface area (Å²) in [5.41, 5.74) is 6.62. The van der Waals surface area contributed by atoms with E-state index >= 15 is 0 Å². The van der Waals surface area contributed by atoms with Crippen LogP contribution < -0.4 is 11.1 Å². The van der Waals surface area contributed by atoms with E-state index in [0.29, 0.717) is 24.1 Å². The zero-order valence-electron chi connectivity index (χ0n) is 12.8. The number of primary amides is 1. The van der Waals surface area contributed by atoms with Gasteiger partial charge in [0.2, 0.25) is 5.91 Å². The minimum absolute atomic E-state index is 0.439. The van der Waals surface area contributed by atoms with Crippen LogP contribution in [0.5, 0.6) is 0 Å². The summed E-state index contributed by atoms with van der Waals surface area (Å²) in [4.78, 5) is 11.4. The van der Waals surface area contributed by atoms with Gasteiger partial charge in [0, 0.05) is 17.3 Å². The maximum absolute atomic E-state index is 12.8. The van der Waals surface area contributed by atoms with E-state index in [2.05, 4.69) is 5.32 Å². The van der Waals surface area contributed by atoms with Gasteiger partial charge in [0.1, 0.15) is 0 Å². The summed E-state index contributed by atoms with van der Waals surface area (Å²) in [5.74, 6) is -0.500. The van der Waals surface area contributed by atoms with Gasteiger partial charge >= 0.3 is 6.18 Å². The van der Waals surface area contributed by atoms with Crippen molar-refractivity contribution in [2.75, 3.05) is 5.32 Å². The summed E-state index contributed by atoms with van der Waals surface area (Å²) in [6, 6.07) is 4.62. The van der Waals surface area contributed by atoms with Gasteiger partial charge in [0.05, 0.1) is 5.57 Å². The number of halogens is 3. The van der Waals surface area contributed by atoms with Crippen molar-refractivity contribution in [2.45, 2.75) is 38.4 Å². The molecule has 0 fully saturated rings. The molecule has 0 heterocycles. The lowest BCUT2D eigenvalue weighted by atomic mass is 9.99. The van der Waals surface area contributed by atoms with Crippen molar-refractivity contribution in [3.8, 4) is 0 Å². The number of nitrogens with two attached hydrogens (primary N) is 1. The molecule has 1 atom stereocenters. The lowest BCUT2D eigenvalue weighted by molar-refractivity contribution is -0.0886. The number of alkyl halides is 3. The zero-order valence-corrected chi connectivity index (χ0v) is 12.8. The molecular formula is C17H19F3N2O. The summed E-state index contributed by atoms with van der Waals surface area (Å²) < 4.78 is 38.3. The van der Waals surface area contributed by atoms with E-state index in [1.165, 1.54) is 12.2 Å². The fraction of sp³-hybridized carbons (Fsp3) is 0.353. The zero-order chi connectivity index (χ0) is 17.0. The molecule has 0 aromatic heterocycles. The van der Waals surface area contributed by atoms with Crippen molar-refractivity contribution < 1.29 is 18.0 Å². The van der Waals surface area contributed by atoms with Crippen LogP contribution in [0.1, 0.15) is 35.7 Å². The number of hydrogen-bond acceptors (Lipinski definition) is 2. The van der Waals surface area contributed by atoms with Crippen LogP contribution in [0.25, 0.3) is 0 Å². The quantitative estimate of drug-likeness (QED) is 0.861. The summed E-state index contributed by atoms with van der Waals surface area (Å²) in [6.45, 7) is 1.98. The third-order valence-corrected chi connectivity index (χ3v) is 3.64. The highest BCUT2D eigenvalue weighted by Gasteiger charge is 2.33. The Morgan fingerprint density at radius 3 is 2.74 bits per heavy atom. The monoisotopic (exact) mass is 324 g/mol. The number of carbonyl (C=O) groups excluding carboxylic acids is 1. The van der Waals surface area contributed by atoms with Crippen molar-refractivity contribution in [3.63, 3.8) is 0 Å². The highest BCUT2D eigenvalue weighted by atomic mass is 19.4. The summed E-state index contributed by atoms with van der Waals surface area (Å²) >= 11 is 0. The highest BCUT2D eigenvalue weighted by Crippen LogP contribution is 2.30. The van der Waals surface area contributed by atoms with Crippen molar-refractivity contribution in [2.24, 2.45) is 5.73 Å². The number of rotatable bonds is 5. The van der Waals surface area contributed by atoms with Crippen LogP contribution in [0, 0.1) is 0 Å². The average molecular weight is 324 g/mol. The van der Waals surface area contributed by atoms with E-state index in [4.69, 9.17) is 5.73 Å². The van der Waals surface area contributed by atoms with Crippen LogP contribution in [-0.4, -0.2) is 18.1 Å². The fourth-order valence-electron chi connectivity index (χ4n) is 2.59. The van der Waals surface area contributed by atoms with E-state index in [1.54, 1.807) is 18.2 Å². The molecule has 2 rings (SSSR count). The van der Waals surface area contributed by atoms with E-state index < -0.39 is 23.7 Å². The molecule has 1 aliphatic rings. The normalized spacial score (nSPS) is 17.7. The van der Waals surface area contributed by atoms with Crippen LogP contribution >= 0.6 is 0 Å². The number of amides is 1. The van der Waals surface area contributed by atoms with Gasteiger partial charge in [-0.1, -0.05) is 25.5 Å². The summed E-state index contributed by atoms with van der Waals surface area (Å²) in [6.07, 6.45) is 1.43. The molecule has 1 unspecified atom stereocenters. The number of hydrogen-bond donors (Lipinski definition) is 2. The van der Waals surface area contributed by atoms with Crippen LogP contribution in [0.2, 0.25) is 0 Å². The van der Waals surface area contributed by atoms with Crippen LogP contribution in [-0.2, 0) is 6.42 Å². The first-order valence-corrected chi connectivity index (χ1v) is 7.46. The topological polar surface area (TPSA) is 55.1 Å². The molecule has 124 valence electrons. The molecule has 1 aromatic rings. The van der Waals surface area contributed by atoms with Crippen molar-refractivity contribution in [1.82, 2.24) is 0 Å². The molecule has 1 aromatic carbocycles. The minimum Gasteiger partial charge on any atom is -0.378 e. The fourth-order valence-corrected chi connectivity index (χ4v) is 2.59. The lowest BCUT2D eigenvalue weighted by Gasteiger charge is -2.21. The number of nitrogens with one attached hydrogen (secondary N) is 1. The standard InChI is InChI=1S/C17H19F3N2O/c1-2-4-11-9-14(7-8-15(11)16(21)23)22-13-6-3-5-12(10-13)17(18,19)20/h3,5,7-10,13,22H,2,4,6H2,1H3,(H2,21,23). The van der Waals surface area contributed by atoms with E-state index in [1.807, 2.05) is 6.92 Å². The molecular weight excluding hydrogens is 305 g/mol. The van der Waals surface area contributed by atoms with Crippen molar-refractivity contribution >= 4 is 11.6 Å². The molecule has 0 saturated carbocycles. The van der Waals surface area contributed by atoms with Gasteiger partial charge in [-0.25, -0.2) is 0 Å². The van der Waals surface area contributed by atoms with Gasteiger partial charge in [-0.05, 0) is 42.7 Å². The number of benzene rings is 1. The number of aryl methyl sites for hydroxylation is 1. The predicted molar refractivity (Wildman–Crippen MR) is 84.3 cm³/mol. The Hall–Kier alpha value is -2.24. The Morgan fingerprint density at radius 2 is 2.13 bits per heavy atom. The molecule has 1 aliphatic carbocycles. The van der Waals surface area contributed by atoms with Gasteiger partial charge < -0.3 is 11.1 Å². The van der Waals surface area contributed by atoms with Crippen LogP contribution in [0.3, 0.4) is 0 Å². The van der Waals surface area contributed by atoms with Gasteiger partial charge in [0.15, 0.2) is 0 Å². The summed E-state index contributed by atoms with van der Waals surface area (Å²) in [7, 11) is 0. The minimum atomic E-state index is -4.35. The Kier molecular flexibility index (Phi) is 5.13. The Morgan fingerprint density at radius 1 is 1.39 bits per heavy atom. The molecule has 0 bridgehead atoms. The van der Waals surface area contributed by atoms with E-state index in [9.17, 15) is 18.0 Å². The van der Waals surface area contributed by atoms with Crippen LogP contribution in [0.15, 0.2) is 42.0 Å². The smallest absolute Gasteiger partial charge is 0.378 e. The molecule has 0 aliphatic heterocycles. The van der Waals surface area contributed by atoms with E-state index in [-0.39, 0.29) is 0 Å². The first kappa shape index (κ1) is 17.1. The SMILES string of the molecule is CCCc1cc(NC2C=C(C(F)(F)F)C=CC2)ccc1C(N)=O.